The molecule has 0 aliphatic heterocycles. The van der Waals surface area contributed by atoms with Crippen LogP contribution in [0, 0.1) is 5.95 Å². The van der Waals surface area contributed by atoms with Crippen LogP contribution in [0.2, 0.25) is 0 Å². The highest BCUT2D eigenvalue weighted by Crippen LogP contribution is 2.39. The smallest absolute Gasteiger partial charge is 0.226 e. The summed E-state index contributed by atoms with van der Waals surface area (Å²) < 4.78 is 15.0. The standard InChI is InChI=1S/C25H24FN7O/c26-23-17(8-10-20(33-23)31-16-7-9-19(27-11-16)14-5-6-14)22(34)18-12-28-24-21(18)25(30-13-29-24)32-15-3-1-2-4-15/h7-15H,1-6H2,(H,31,33)(H2,28,29,30,32). The van der Waals surface area contributed by atoms with E-state index in [9.17, 15) is 9.18 Å². The molecule has 0 bridgehead atoms. The number of pyridine rings is 2. The number of carbonyl (C=O) groups excluding carboxylic acids is 1. The minimum atomic E-state index is -0.839. The second-order valence-corrected chi connectivity index (χ2v) is 9.01. The van der Waals surface area contributed by atoms with E-state index in [1.54, 1.807) is 18.5 Å². The SMILES string of the molecule is O=C(c1ccc(Nc2ccc(C3CC3)nc2)nc1F)c1c[nH]c2ncnc(NC3CCCC3)c12. The number of halogens is 1. The van der Waals surface area contributed by atoms with E-state index in [2.05, 4.69) is 35.6 Å². The lowest BCUT2D eigenvalue weighted by Crippen LogP contribution is -2.16. The van der Waals surface area contributed by atoms with Crippen LogP contribution in [0.1, 0.15) is 66.1 Å². The Hall–Kier alpha value is -3.88. The summed E-state index contributed by atoms with van der Waals surface area (Å²) in [5.41, 5.74) is 2.54. The molecule has 0 radical (unpaired) electrons. The topological polar surface area (TPSA) is 108 Å². The largest absolute Gasteiger partial charge is 0.367 e. The van der Waals surface area contributed by atoms with Gasteiger partial charge in [0.25, 0.3) is 0 Å². The summed E-state index contributed by atoms with van der Waals surface area (Å²) in [5, 5.41) is 7.06. The number of carbonyl (C=O) groups is 1. The molecule has 8 nitrogen and oxygen atoms in total. The predicted octanol–water partition coefficient (Wildman–Crippen LogP) is 5.09. The van der Waals surface area contributed by atoms with Crippen LogP contribution in [-0.4, -0.2) is 36.7 Å². The van der Waals surface area contributed by atoms with Crippen LogP contribution in [-0.2, 0) is 0 Å². The first-order valence-corrected chi connectivity index (χ1v) is 11.7. The van der Waals surface area contributed by atoms with Gasteiger partial charge in [-0.15, -0.1) is 0 Å². The van der Waals surface area contributed by atoms with Crippen molar-refractivity contribution in [2.75, 3.05) is 10.6 Å². The number of H-pyrrole nitrogens is 1. The molecule has 34 heavy (non-hydrogen) atoms. The lowest BCUT2D eigenvalue weighted by Gasteiger charge is -2.13. The van der Waals surface area contributed by atoms with Crippen LogP contribution >= 0.6 is 0 Å². The summed E-state index contributed by atoms with van der Waals surface area (Å²) in [6.07, 6.45) is 11.6. The Labute approximate surface area is 195 Å². The highest BCUT2D eigenvalue weighted by Gasteiger charge is 2.25. The number of hydrogen-bond donors (Lipinski definition) is 3. The summed E-state index contributed by atoms with van der Waals surface area (Å²) in [5.74, 6) is 0.159. The molecule has 6 rings (SSSR count). The van der Waals surface area contributed by atoms with Gasteiger partial charge in [-0.1, -0.05) is 12.8 Å². The number of aromatic nitrogens is 5. The molecule has 0 unspecified atom stereocenters. The Morgan fingerprint density at radius 3 is 2.59 bits per heavy atom. The Balaban J connectivity index is 1.25. The summed E-state index contributed by atoms with van der Waals surface area (Å²) >= 11 is 0. The molecule has 3 N–H and O–H groups in total. The first-order valence-electron chi connectivity index (χ1n) is 11.7. The van der Waals surface area contributed by atoms with Crippen molar-refractivity contribution in [3.8, 4) is 0 Å². The second-order valence-electron chi connectivity index (χ2n) is 9.01. The van der Waals surface area contributed by atoms with Crippen molar-refractivity contribution in [1.29, 1.82) is 0 Å². The molecule has 0 amide bonds. The molecule has 0 aromatic carbocycles. The Kier molecular flexibility index (Phi) is 5.16. The normalized spacial score (nSPS) is 16.1. The van der Waals surface area contributed by atoms with Gasteiger partial charge in [0.15, 0.2) is 5.78 Å². The number of rotatable bonds is 7. The zero-order valence-electron chi connectivity index (χ0n) is 18.5. The molecule has 0 saturated heterocycles. The molecule has 2 saturated carbocycles. The van der Waals surface area contributed by atoms with Crippen LogP contribution < -0.4 is 10.6 Å². The van der Waals surface area contributed by atoms with E-state index in [1.165, 1.54) is 38.1 Å². The van der Waals surface area contributed by atoms with Crippen LogP contribution in [0.3, 0.4) is 0 Å². The van der Waals surface area contributed by atoms with Crippen LogP contribution in [0.4, 0.5) is 21.7 Å². The molecule has 2 aliphatic rings. The third-order valence-corrected chi connectivity index (χ3v) is 6.56. The average molecular weight is 458 g/mol. The van der Waals surface area contributed by atoms with Gasteiger partial charge in [0.1, 0.15) is 23.6 Å². The van der Waals surface area contributed by atoms with Gasteiger partial charge < -0.3 is 15.6 Å². The zero-order valence-corrected chi connectivity index (χ0v) is 18.5. The van der Waals surface area contributed by atoms with Gasteiger partial charge in [0.05, 0.1) is 28.4 Å². The van der Waals surface area contributed by atoms with Crippen molar-refractivity contribution in [2.45, 2.75) is 50.5 Å². The van der Waals surface area contributed by atoms with Gasteiger partial charge in [-0.05, 0) is 49.9 Å². The Morgan fingerprint density at radius 2 is 1.85 bits per heavy atom. The van der Waals surface area contributed by atoms with Crippen LogP contribution in [0.25, 0.3) is 11.0 Å². The number of fused-ring (bicyclic) bond motifs is 1. The zero-order chi connectivity index (χ0) is 23.1. The maximum Gasteiger partial charge on any atom is 0.226 e. The molecule has 4 heterocycles. The molecule has 9 heteroatoms. The van der Waals surface area contributed by atoms with Gasteiger partial charge in [-0.25, -0.2) is 15.0 Å². The van der Waals surface area contributed by atoms with E-state index >= 15 is 0 Å². The highest BCUT2D eigenvalue weighted by molar-refractivity contribution is 6.18. The third kappa shape index (κ3) is 3.98. The molecule has 4 aromatic rings. The monoisotopic (exact) mass is 457 g/mol. The number of nitrogens with one attached hydrogen (secondary N) is 3. The van der Waals surface area contributed by atoms with Gasteiger partial charge in [0.2, 0.25) is 5.95 Å². The summed E-state index contributed by atoms with van der Waals surface area (Å²) in [6.45, 7) is 0. The quantitative estimate of drug-likeness (QED) is 0.262. The van der Waals surface area contributed by atoms with E-state index in [0.717, 1.165) is 18.5 Å². The molecule has 2 fully saturated rings. The van der Waals surface area contributed by atoms with E-state index in [0.29, 0.717) is 45.9 Å². The van der Waals surface area contributed by atoms with Gasteiger partial charge in [-0.3, -0.25) is 9.78 Å². The van der Waals surface area contributed by atoms with Gasteiger partial charge in [0, 0.05) is 23.9 Å². The fourth-order valence-corrected chi connectivity index (χ4v) is 4.58. The summed E-state index contributed by atoms with van der Waals surface area (Å²) in [7, 11) is 0. The maximum atomic E-state index is 15.0. The van der Waals surface area contributed by atoms with Gasteiger partial charge >= 0.3 is 0 Å². The number of nitrogens with zero attached hydrogens (tertiary/aromatic N) is 4. The minimum absolute atomic E-state index is 0.107. The van der Waals surface area contributed by atoms with Crippen molar-refractivity contribution < 1.29 is 9.18 Å². The van der Waals surface area contributed by atoms with Crippen molar-refractivity contribution in [2.24, 2.45) is 0 Å². The van der Waals surface area contributed by atoms with Crippen LogP contribution in [0.15, 0.2) is 43.0 Å². The van der Waals surface area contributed by atoms with Crippen molar-refractivity contribution >= 4 is 34.1 Å². The molecular formula is C25H24FN7O. The Bertz CT molecular complexity index is 1360. The molecule has 0 atom stereocenters. The molecular weight excluding hydrogens is 433 g/mol. The average Bonchev–Trinajstić information content (AvgIpc) is 3.39. The lowest BCUT2D eigenvalue weighted by molar-refractivity contribution is 0.103. The lowest BCUT2D eigenvalue weighted by atomic mass is 10.0. The van der Waals surface area contributed by atoms with E-state index in [1.807, 2.05) is 12.1 Å². The summed E-state index contributed by atoms with van der Waals surface area (Å²) in [4.78, 5) is 33.3. The fourth-order valence-electron chi connectivity index (χ4n) is 4.58. The maximum absolute atomic E-state index is 15.0. The number of ketones is 1. The molecule has 0 spiro atoms. The second kappa shape index (κ2) is 8.48. The van der Waals surface area contributed by atoms with E-state index < -0.39 is 11.7 Å². The summed E-state index contributed by atoms with van der Waals surface area (Å²) in [6, 6.07) is 7.24. The molecule has 2 aliphatic carbocycles. The minimum Gasteiger partial charge on any atom is -0.367 e. The van der Waals surface area contributed by atoms with Crippen molar-refractivity contribution in [3.63, 3.8) is 0 Å². The Morgan fingerprint density at radius 1 is 1.00 bits per heavy atom. The third-order valence-electron chi connectivity index (χ3n) is 6.56. The van der Waals surface area contributed by atoms with E-state index in [-0.39, 0.29) is 5.56 Å². The predicted molar refractivity (Wildman–Crippen MR) is 127 cm³/mol. The van der Waals surface area contributed by atoms with Crippen molar-refractivity contribution in [3.05, 3.63) is 65.8 Å². The number of hydrogen-bond acceptors (Lipinski definition) is 7. The number of anilines is 3. The van der Waals surface area contributed by atoms with Crippen LogP contribution in [0.5, 0.6) is 0 Å². The fraction of sp³-hybridized carbons (Fsp3) is 0.320. The van der Waals surface area contributed by atoms with Gasteiger partial charge in [-0.2, -0.15) is 4.39 Å². The molecule has 4 aromatic heterocycles. The van der Waals surface area contributed by atoms with E-state index in [4.69, 9.17) is 0 Å². The molecule has 172 valence electrons. The van der Waals surface area contributed by atoms with Crippen molar-refractivity contribution in [1.82, 2.24) is 24.9 Å². The first-order chi connectivity index (χ1) is 16.7. The number of aromatic amines is 1. The highest BCUT2D eigenvalue weighted by atomic mass is 19.1. The first kappa shape index (κ1) is 20.7.